The average Bonchev–Trinajstić information content (AvgIpc) is 2.51. The Kier molecular flexibility index (Phi) is 9.57. The molecule has 2 aromatic carbocycles. The zero-order valence-corrected chi connectivity index (χ0v) is 21.0. The largest absolute Gasteiger partial charge is 1.00 e. The molecule has 0 aromatic heterocycles. The summed E-state index contributed by atoms with van der Waals surface area (Å²) >= 11 is 5.97. The number of rotatable bonds is 5. The summed E-state index contributed by atoms with van der Waals surface area (Å²) in [6.45, 7) is 0. The second-order valence-electron chi connectivity index (χ2n) is 4.65. The molecule has 5 nitrogen and oxygen atoms in total. The fourth-order valence-corrected chi connectivity index (χ4v) is 4.22. The summed E-state index contributed by atoms with van der Waals surface area (Å²) in [5.74, 6) is 0.141. The van der Waals surface area contributed by atoms with Gasteiger partial charge in [0.2, 0.25) is 0 Å². The Morgan fingerprint density at radius 3 is 2.08 bits per heavy atom. The fourth-order valence-electron chi connectivity index (χ4n) is 1.78. The summed E-state index contributed by atoms with van der Waals surface area (Å²) in [6.07, 6.45) is 0. The van der Waals surface area contributed by atoms with Gasteiger partial charge >= 0.3 is 35.5 Å². The summed E-state index contributed by atoms with van der Waals surface area (Å²) < 4.78 is 6.60. The molecule has 0 spiro atoms. The van der Waals surface area contributed by atoms with E-state index < -0.39 is 12.0 Å². The maximum atomic E-state index is 11.7. The molecule has 0 amide bonds. The first kappa shape index (κ1) is 22.7. The summed E-state index contributed by atoms with van der Waals surface area (Å²) in [6, 6.07) is 9.47. The maximum absolute atomic E-state index is 11.7. The molecule has 2 atom stereocenters. The van der Waals surface area contributed by atoms with E-state index in [1.165, 1.54) is 0 Å². The number of carboxylic acids is 1. The van der Waals surface area contributed by atoms with Gasteiger partial charge in [0.15, 0.2) is 0 Å². The maximum Gasteiger partial charge on any atom is 1.00 e. The van der Waals surface area contributed by atoms with Crippen molar-refractivity contribution in [3.63, 3.8) is 0 Å². The van der Waals surface area contributed by atoms with E-state index in [4.69, 9.17) is 15.6 Å². The molecule has 0 aliphatic heterocycles. The second-order valence-corrected chi connectivity index (χ2v) is 8.32. The Morgan fingerprint density at radius 1 is 1.12 bits per heavy atom. The van der Waals surface area contributed by atoms with Gasteiger partial charge in [0.25, 0.3) is 0 Å². The molecule has 122 valence electrons. The van der Waals surface area contributed by atoms with Gasteiger partial charge in [-0.3, -0.25) is 4.79 Å². The van der Waals surface area contributed by atoms with Crippen molar-refractivity contribution in [2.24, 2.45) is 5.73 Å². The van der Waals surface area contributed by atoms with Crippen molar-refractivity contribution in [3.8, 4) is 17.2 Å². The molecule has 0 bridgehead atoms. The summed E-state index contributed by atoms with van der Waals surface area (Å²) in [5.41, 5.74) is 6.44. The molecule has 0 heterocycles. The quantitative estimate of drug-likeness (QED) is 0.277. The van der Waals surface area contributed by atoms with Crippen molar-refractivity contribution >= 4 is 73.7 Å². The summed E-state index contributed by atoms with van der Waals surface area (Å²) in [5, 5.41) is 20.6. The molecule has 2 aromatic rings. The molecule has 3 N–H and O–H groups in total. The molecule has 1 unspecified atom stereocenters. The van der Waals surface area contributed by atoms with Crippen LogP contribution in [0.4, 0.5) is 0 Å². The number of alkyl halides is 1. The third-order valence-corrected chi connectivity index (χ3v) is 6.10. The minimum Gasteiger partial charge on any atom is -0.871 e. The van der Waals surface area contributed by atoms with Crippen LogP contribution < -0.4 is 45.1 Å². The monoisotopic (exact) mass is 673 g/mol. The van der Waals surface area contributed by atoms with Gasteiger partial charge in [-0.2, -0.15) is 0 Å². The van der Waals surface area contributed by atoms with E-state index in [1.54, 1.807) is 36.4 Å². The summed E-state index contributed by atoms with van der Waals surface area (Å²) in [4.78, 5) is 10.9. The number of hydrogen-bond donors (Lipinski definition) is 2. The SMILES string of the molecule is N[C@H](C(=O)O)C(I)c1ccc(Oc2cc(I)c([O-])c(I)c2)cc1.[Na+]. The molecule has 2 rings (SSSR count). The molecule has 9 heteroatoms. The Morgan fingerprint density at radius 2 is 1.62 bits per heavy atom. The first-order chi connectivity index (χ1) is 10.8. The molecule has 0 saturated carbocycles. The van der Waals surface area contributed by atoms with Crippen LogP contribution in [0.2, 0.25) is 0 Å². The number of nitrogens with two attached hydrogens (primary N) is 1. The van der Waals surface area contributed by atoms with E-state index >= 15 is 0 Å². The zero-order chi connectivity index (χ0) is 17.1. The van der Waals surface area contributed by atoms with Crippen molar-refractivity contribution in [2.75, 3.05) is 0 Å². The second kappa shape index (κ2) is 10.1. The van der Waals surface area contributed by atoms with Crippen LogP contribution in [0.15, 0.2) is 36.4 Å². The van der Waals surface area contributed by atoms with Gasteiger partial charge < -0.3 is 20.7 Å². The van der Waals surface area contributed by atoms with Gasteiger partial charge in [-0.15, -0.1) is 0 Å². The third kappa shape index (κ3) is 5.84. The predicted molar refractivity (Wildman–Crippen MR) is 110 cm³/mol. The van der Waals surface area contributed by atoms with Crippen LogP contribution in [0.3, 0.4) is 0 Å². The number of carbonyl (C=O) groups is 1. The van der Waals surface area contributed by atoms with Crippen LogP contribution in [0.25, 0.3) is 0 Å². The van der Waals surface area contributed by atoms with E-state index in [9.17, 15) is 9.90 Å². The van der Waals surface area contributed by atoms with Crippen molar-refractivity contribution in [3.05, 3.63) is 49.1 Å². The van der Waals surface area contributed by atoms with Crippen molar-refractivity contribution in [1.29, 1.82) is 0 Å². The standard InChI is InChI=1S/C15H12I3NO4.Na/c16-10-5-9(6-11(17)14(10)20)23-8-3-1-7(2-4-8)12(18)13(19)15(21)22;/h1-6,12-13,20H,19H2,(H,21,22);/q;+1/p-1/t12?,13-;/m0./s1. The van der Waals surface area contributed by atoms with Gasteiger partial charge in [-0.25, -0.2) is 0 Å². The van der Waals surface area contributed by atoms with Crippen LogP contribution in [-0.2, 0) is 4.79 Å². The topological polar surface area (TPSA) is 95.6 Å². The number of carboxylic acid groups (broad SMARTS) is 1. The molecular weight excluding hydrogens is 662 g/mol. The van der Waals surface area contributed by atoms with Gasteiger partial charge in [-0.05, 0) is 75.0 Å². The number of hydrogen-bond acceptors (Lipinski definition) is 4. The molecular formula is C15H11I3NNaO4. The van der Waals surface area contributed by atoms with E-state index in [1.807, 2.05) is 67.8 Å². The average molecular weight is 673 g/mol. The van der Waals surface area contributed by atoms with Gasteiger partial charge in [-0.1, -0.05) is 40.5 Å². The van der Waals surface area contributed by atoms with E-state index in [0.717, 1.165) is 5.56 Å². The smallest absolute Gasteiger partial charge is 0.871 e. The normalized spacial score (nSPS) is 12.8. The summed E-state index contributed by atoms with van der Waals surface area (Å²) in [7, 11) is 0. The molecule has 0 aliphatic carbocycles. The van der Waals surface area contributed by atoms with Crippen LogP contribution in [0.5, 0.6) is 17.2 Å². The van der Waals surface area contributed by atoms with Crippen molar-refractivity contribution in [2.45, 2.75) is 9.97 Å². The Balaban J connectivity index is 0.00000288. The third-order valence-electron chi connectivity index (χ3n) is 3.01. The zero-order valence-electron chi connectivity index (χ0n) is 12.5. The Hall–Kier alpha value is 0.660. The molecule has 0 radical (unpaired) electrons. The van der Waals surface area contributed by atoms with Gasteiger partial charge in [0, 0.05) is 7.14 Å². The molecule has 0 aliphatic rings. The number of halogens is 3. The Labute approximate surface area is 202 Å². The number of aliphatic carboxylic acids is 1. The first-order valence-corrected chi connectivity index (χ1v) is 9.76. The Bertz CT molecular complexity index is 704. The first-order valence-electron chi connectivity index (χ1n) is 6.36. The van der Waals surface area contributed by atoms with Crippen LogP contribution in [0, 0.1) is 7.14 Å². The molecule has 0 saturated heterocycles. The van der Waals surface area contributed by atoms with Gasteiger partial charge in [0.1, 0.15) is 17.5 Å². The van der Waals surface area contributed by atoms with Crippen LogP contribution in [0.1, 0.15) is 9.49 Å². The minimum atomic E-state index is -1.04. The van der Waals surface area contributed by atoms with Crippen LogP contribution >= 0.6 is 67.8 Å². The molecule has 24 heavy (non-hydrogen) atoms. The van der Waals surface area contributed by atoms with Crippen molar-refractivity contribution < 1.29 is 49.3 Å². The van der Waals surface area contributed by atoms with E-state index in [0.29, 0.717) is 18.6 Å². The number of ether oxygens (including phenoxy) is 1. The van der Waals surface area contributed by atoms with Crippen molar-refractivity contribution in [1.82, 2.24) is 0 Å². The molecule has 0 fully saturated rings. The minimum absolute atomic E-state index is 0. The number of benzene rings is 2. The van der Waals surface area contributed by atoms with Crippen LogP contribution in [-0.4, -0.2) is 17.1 Å². The fraction of sp³-hybridized carbons (Fsp3) is 0.133. The van der Waals surface area contributed by atoms with E-state index in [2.05, 4.69) is 0 Å². The van der Waals surface area contributed by atoms with E-state index in [-0.39, 0.29) is 39.2 Å². The van der Waals surface area contributed by atoms with Gasteiger partial charge in [0.05, 0.1) is 3.92 Å². The predicted octanol–water partition coefficient (Wildman–Crippen LogP) is 0.654.